The lowest BCUT2D eigenvalue weighted by Crippen LogP contribution is -2.31. The average Bonchev–Trinajstić information content (AvgIpc) is 3.17. The van der Waals surface area contributed by atoms with Crippen LogP contribution in [0.25, 0.3) is 5.65 Å². The van der Waals surface area contributed by atoms with Crippen molar-refractivity contribution in [2.45, 2.75) is 26.8 Å². The molecule has 0 spiro atoms. The fraction of sp³-hybridized carbons (Fsp3) is 0.294. The molecule has 26 heavy (non-hydrogen) atoms. The van der Waals surface area contributed by atoms with Crippen molar-refractivity contribution in [3.63, 3.8) is 0 Å². The standard InChI is InChI=1S/C17H18N4O5/c1-9-12(16(23)21-14(19-9)4-5-18-21)7-15(22)20(3)8-11-6-13(17(24)25)10(2)26-11/h4-6,18H,7-8H2,1-3H3,(H,24,25). The number of carboxylic acid groups (broad SMARTS) is 1. The largest absolute Gasteiger partial charge is 0.478 e. The molecule has 9 heteroatoms. The monoisotopic (exact) mass is 358 g/mol. The Bertz CT molecular complexity index is 1060. The number of nitrogens with one attached hydrogen (secondary N) is 1. The van der Waals surface area contributed by atoms with E-state index >= 15 is 0 Å². The predicted molar refractivity (Wildman–Crippen MR) is 91.1 cm³/mol. The topological polar surface area (TPSA) is 121 Å². The minimum atomic E-state index is -1.08. The molecule has 3 aromatic heterocycles. The number of fused-ring (bicyclic) bond motifs is 1. The number of aromatic carboxylic acids is 1. The van der Waals surface area contributed by atoms with Gasteiger partial charge in [0.25, 0.3) is 5.56 Å². The van der Waals surface area contributed by atoms with Gasteiger partial charge in [-0.2, -0.15) is 0 Å². The minimum Gasteiger partial charge on any atom is -0.478 e. The number of aryl methyl sites for hydroxylation is 2. The predicted octanol–water partition coefficient (Wildman–Crippen LogP) is 1.13. The highest BCUT2D eigenvalue weighted by atomic mass is 16.4. The van der Waals surface area contributed by atoms with E-state index in [-0.39, 0.29) is 35.8 Å². The number of furan rings is 1. The Hall–Kier alpha value is -3.36. The second kappa shape index (κ2) is 6.51. The smallest absolute Gasteiger partial charge is 0.339 e. The summed E-state index contributed by atoms with van der Waals surface area (Å²) in [7, 11) is 1.56. The molecule has 0 bridgehead atoms. The van der Waals surface area contributed by atoms with Crippen LogP contribution in [0.5, 0.6) is 0 Å². The Balaban J connectivity index is 1.79. The van der Waals surface area contributed by atoms with E-state index in [1.165, 1.54) is 15.5 Å². The molecule has 1 amide bonds. The molecule has 0 saturated heterocycles. The van der Waals surface area contributed by atoms with Crippen LogP contribution in [0, 0.1) is 13.8 Å². The maximum Gasteiger partial charge on any atom is 0.339 e. The first-order chi connectivity index (χ1) is 12.3. The number of likely N-dealkylation sites (N-methyl/N-ethyl adjacent to an activating group) is 1. The molecule has 0 fully saturated rings. The number of hydrogen-bond donors (Lipinski definition) is 2. The summed E-state index contributed by atoms with van der Waals surface area (Å²) in [6, 6.07) is 3.07. The van der Waals surface area contributed by atoms with Gasteiger partial charge in [-0.25, -0.2) is 14.3 Å². The van der Waals surface area contributed by atoms with E-state index in [1.54, 1.807) is 33.2 Å². The number of hydrogen-bond acceptors (Lipinski definition) is 5. The first-order valence-corrected chi connectivity index (χ1v) is 7.90. The number of amides is 1. The third-order valence-electron chi connectivity index (χ3n) is 4.19. The van der Waals surface area contributed by atoms with E-state index in [0.717, 1.165) is 0 Å². The zero-order chi connectivity index (χ0) is 19.0. The molecule has 2 N–H and O–H groups in total. The molecule has 0 unspecified atom stereocenters. The number of aromatic nitrogens is 3. The number of aromatic amines is 1. The molecule has 0 aliphatic rings. The van der Waals surface area contributed by atoms with Gasteiger partial charge in [0.05, 0.1) is 13.0 Å². The molecular weight excluding hydrogens is 340 g/mol. The molecule has 9 nitrogen and oxygen atoms in total. The van der Waals surface area contributed by atoms with E-state index in [0.29, 0.717) is 22.7 Å². The Morgan fingerprint density at radius 3 is 2.77 bits per heavy atom. The lowest BCUT2D eigenvalue weighted by molar-refractivity contribution is -0.129. The summed E-state index contributed by atoms with van der Waals surface area (Å²) in [5.74, 6) is -0.740. The van der Waals surface area contributed by atoms with Crippen LogP contribution in [-0.2, 0) is 17.8 Å². The van der Waals surface area contributed by atoms with Crippen LogP contribution in [0.15, 0.2) is 27.5 Å². The number of carbonyl (C=O) groups excluding carboxylic acids is 1. The quantitative estimate of drug-likeness (QED) is 0.705. The van der Waals surface area contributed by atoms with Gasteiger partial charge in [-0.15, -0.1) is 0 Å². The fourth-order valence-corrected chi connectivity index (χ4v) is 2.75. The van der Waals surface area contributed by atoms with Crippen molar-refractivity contribution in [3.05, 3.63) is 57.0 Å². The summed E-state index contributed by atoms with van der Waals surface area (Å²) in [5, 5.41) is 11.8. The van der Waals surface area contributed by atoms with Gasteiger partial charge in [-0.1, -0.05) is 0 Å². The summed E-state index contributed by atoms with van der Waals surface area (Å²) < 4.78 is 6.67. The van der Waals surface area contributed by atoms with Gasteiger partial charge in [0.15, 0.2) is 5.65 Å². The molecule has 0 aromatic carbocycles. The lowest BCUT2D eigenvalue weighted by Gasteiger charge is -2.16. The van der Waals surface area contributed by atoms with E-state index in [2.05, 4.69) is 10.1 Å². The Kier molecular flexibility index (Phi) is 4.37. The highest BCUT2D eigenvalue weighted by molar-refractivity contribution is 5.88. The van der Waals surface area contributed by atoms with Crippen molar-refractivity contribution in [1.29, 1.82) is 0 Å². The van der Waals surface area contributed by atoms with Crippen LogP contribution in [0.4, 0.5) is 0 Å². The van der Waals surface area contributed by atoms with Crippen molar-refractivity contribution >= 4 is 17.5 Å². The lowest BCUT2D eigenvalue weighted by atomic mass is 10.1. The van der Waals surface area contributed by atoms with Crippen molar-refractivity contribution in [3.8, 4) is 0 Å². The number of rotatable bonds is 5. The molecule has 0 aliphatic heterocycles. The van der Waals surface area contributed by atoms with Crippen LogP contribution >= 0.6 is 0 Å². The van der Waals surface area contributed by atoms with Crippen LogP contribution in [-0.4, -0.2) is 43.5 Å². The second-order valence-electron chi connectivity index (χ2n) is 6.05. The molecule has 0 atom stereocenters. The van der Waals surface area contributed by atoms with Crippen LogP contribution < -0.4 is 5.56 Å². The Morgan fingerprint density at radius 1 is 1.38 bits per heavy atom. The van der Waals surface area contributed by atoms with Crippen LogP contribution in [0.3, 0.4) is 0 Å². The second-order valence-corrected chi connectivity index (χ2v) is 6.05. The summed E-state index contributed by atoms with van der Waals surface area (Å²) in [4.78, 5) is 41.7. The highest BCUT2D eigenvalue weighted by Gasteiger charge is 2.20. The normalized spacial score (nSPS) is 11.0. The first kappa shape index (κ1) is 17.5. The number of H-pyrrole nitrogens is 1. The van der Waals surface area contributed by atoms with Gasteiger partial charge in [0.1, 0.15) is 17.1 Å². The SMILES string of the molecule is Cc1nc2cc[nH]n2c(=O)c1CC(=O)N(C)Cc1cc(C(=O)O)c(C)o1. The van der Waals surface area contributed by atoms with E-state index in [4.69, 9.17) is 9.52 Å². The average molecular weight is 358 g/mol. The molecule has 0 saturated carbocycles. The van der Waals surface area contributed by atoms with Gasteiger partial charge in [-0.05, 0) is 19.9 Å². The van der Waals surface area contributed by atoms with Crippen molar-refractivity contribution < 1.29 is 19.1 Å². The van der Waals surface area contributed by atoms with E-state index in [9.17, 15) is 14.4 Å². The molecule has 136 valence electrons. The van der Waals surface area contributed by atoms with Gasteiger partial charge < -0.3 is 14.4 Å². The zero-order valence-electron chi connectivity index (χ0n) is 14.6. The minimum absolute atomic E-state index is 0.0661. The zero-order valence-corrected chi connectivity index (χ0v) is 14.6. The highest BCUT2D eigenvalue weighted by Crippen LogP contribution is 2.16. The van der Waals surface area contributed by atoms with Crippen LogP contribution in [0.2, 0.25) is 0 Å². The first-order valence-electron chi connectivity index (χ1n) is 7.90. The fourth-order valence-electron chi connectivity index (χ4n) is 2.75. The van der Waals surface area contributed by atoms with E-state index < -0.39 is 5.97 Å². The van der Waals surface area contributed by atoms with Gasteiger partial charge in [0, 0.05) is 30.6 Å². The summed E-state index contributed by atoms with van der Waals surface area (Å²) in [6.07, 6.45) is 1.49. The molecule has 3 aromatic rings. The van der Waals surface area contributed by atoms with Crippen molar-refractivity contribution in [2.24, 2.45) is 0 Å². The Labute approximate surface area is 147 Å². The number of carboxylic acids is 1. The molecule has 0 aliphatic carbocycles. The number of nitrogens with zero attached hydrogens (tertiary/aromatic N) is 3. The molecular formula is C17H18N4O5. The van der Waals surface area contributed by atoms with Crippen molar-refractivity contribution in [1.82, 2.24) is 19.5 Å². The van der Waals surface area contributed by atoms with Gasteiger partial charge in [0.2, 0.25) is 5.91 Å². The summed E-state index contributed by atoms with van der Waals surface area (Å²) in [5.41, 5.74) is 1.05. The third-order valence-corrected chi connectivity index (χ3v) is 4.19. The molecule has 3 rings (SSSR count). The van der Waals surface area contributed by atoms with Crippen LogP contribution in [0.1, 0.15) is 33.1 Å². The third kappa shape index (κ3) is 3.10. The summed E-state index contributed by atoms with van der Waals surface area (Å²) >= 11 is 0. The molecule has 3 heterocycles. The van der Waals surface area contributed by atoms with E-state index in [1.807, 2.05) is 0 Å². The van der Waals surface area contributed by atoms with Gasteiger partial charge >= 0.3 is 5.97 Å². The maximum atomic E-state index is 12.5. The Morgan fingerprint density at radius 2 is 2.12 bits per heavy atom. The number of carbonyl (C=O) groups is 2. The summed E-state index contributed by atoms with van der Waals surface area (Å²) in [6.45, 7) is 3.34. The molecule has 0 radical (unpaired) electrons. The van der Waals surface area contributed by atoms with Crippen molar-refractivity contribution in [2.75, 3.05) is 7.05 Å². The van der Waals surface area contributed by atoms with Gasteiger partial charge in [-0.3, -0.25) is 14.7 Å². The maximum absolute atomic E-state index is 12.5.